The fraction of sp³-hybridized carbons (Fsp3) is 0.692. The first-order valence-electron chi connectivity index (χ1n) is 6.48. The van der Waals surface area contributed by atoms with E-state index >= 15 is 0 Å². The highest BCUT2D eigenvalue weighted by atomic mass is 16.6. The third-order valence-electron chi connectivity index (χ3n) is 3.63. The smallest absolute Gasteiger partial charge is 0.330 e. The monoisotopic (exact) mass is 268 g/mol. The molecule has 3 atom stereocenters. The standard InChI is InChI=1S/C13H20N2O4/c1-5-13(4)7-18-9(3)11(19-13)15-6-8(2)10(16)14-12(15)17/h6,9,11H,5,7H2,1-4H3,(H,14,16,17)/t9?,11-,13+/m1/s1. The van der Waals surface area contributed by atoms with Gasteiger partial charge in [-0.15, -0.1) is 0 Å². The van der Waals surface area contributed by atoms with Crippen molar-refractivity contribution in [2.24, 2.45) is 0 Å². The van der Waals surface area contributed by atoms with Crippen molar-refractivity contribution in [3.8, 4) is 0 Å². The molecule has 106 valence electrons. The van der Waals surface area contributed by atoms with Crippen LogP contribution in [0, 0.1) is 6.92 Å². The SMILES string of the molecule is CC[C@@]1(C)COC(C)[C@H](n2cc(C)c(=O)[nH]c2=O)O1. The Bertz CT molecular complexity index is 577. The summed E-state index contributed by atoms with van der Waals surface area (Å²) >= 11 is 0. The number of hydrogen-bond acceptors (Lipinski definition) is 4. The number of ether oxygens (including phenoxy) is 2. The van der Waals surface area contributed by atoms with Gasteiger partial charge in [-0.1, -0.05) is 6.92 Å². The second kappa shape index (κ2) is 4.94. The van der Waals surface area contributed by atoms with E-state index < -0.39 is 17.5 Å². The first-order valence-corrected chi connectivity index (χ1v) is 6.48. The van der Waals surface area contributed by atoms with Gasteiger partial charge in [0.1, 0.15) is 6.10 Å². The van der Waals surface area contributed by atoms with Crippen LogP contribution in [0.1, 0.15) is 39.0 Å². The van der Waals surface area contributed by atoms with Crippen molar-refractivity contribution in [3.63, 3.8) is 0 Å². The maximum atomic E-state index is 11.9. The van der Waals surface area contributed by atoms with Gasteiger partial charge in [-0.05, 0) is 27.2 Å². The third kappa shape index (κ3) is 2.64. The molecule has 19 heavy (non-hydrogen) atoms. The normalized spacial score (nSPS) is 31.4. The minimum absolute atomic E-state index is 0.248. The second-order valence-electron chi connectivity index (χ2n) is 5.31. The van der Waals surface area contributed by atoms with Crippen LogP contribution in [0.2, 0.25) is 0 Å². The van der Waals surface area contributed by atoms with Crippen LogP contribution in [0.25, 0.3) is 0 Å². The van der Waals surface area contributed by atoms with E-state index in [2.05, 4.69) is 4.98 Å². The maximum Gasteiger partial charge on any atom is 0.330 e. The van der Waals surface area contributed by atoms with Crippen molar-refractivity contribution in [2.75, 3.05) is 6.61 Å². The van der Waals surface area contributed by atoms with E-state index in [0.29, 0.717) is 12.2 Å². The molecule has 1 aromatic heterocycles. The lowest BCUT2D eigenvalue weighted by atomic mass is 10.0. The lowest BCUT2D eigenvalue weighted by Crippen LogP contribution is -2.49. The highest BCUT2D eigenvalue weighted by Gasteiger charge is 2.37. The molecule has 0 bridgehead atoms. The van der Waals surface area contributed by atoms with Gasteiger partial charge in [0.2, 0.25) is 0 Å². The van der Waals surface area contributed by atoms with Gasteiger partial charge in [0.05, 0.1) is 12.2 Å². The van der Waals surface area contributed by atoms with Crippen molar-refractivity contribution in [3.05, 3.63) is 32.6 Å². The molecule has 1 aliphatic heterocycles. The zero-order chi connectivity index (χ0) is 14.2. The summed E-state index contributed by atoms with van der Waals surface area (Å²) in [5.41, 5.74) is -0.792. The van der Waals surface area contributed by atoms with E-state index in [9.17, 15) is 9.59 Å². The fourth-order valence-electron chi connectivity index (χ4n) is 2.05. The van der Waals surface area contributed by atoms with E-state index in [1.54, 1.807) is 6.92 Å². The van der Waals surface area contributed by atoms with Crippen molar-refractivity contribution < 1.29 is 9.47 Å². The van der Waals surface area contributed by atoms with Gasteiger partial charge in [-0.2, -0.15) is 0 Å². The first-order chi connectivity index (χ1) is 8.86. The summed E-state index contributed by atoms with van der Waals surface area (Å²) in [5, 5.41) is 0. The van der Waals surface area contributed by atoms with Crippen LogP contribution in [0.4, 0.5) is 0 Å². The fourth-order valence-corrected chi connectivity index (χ4v) is 2.05. The molecule has 2 rings (SSSR count). The molecule has 1 aliphatic rings. The van der Waals surface area contributed by atoms with Crippen LogP contribution in [0.15, 0.2) is 15.8 Å². The molecular weight excluding hydrogens is 248 g/mol. The number of aryl methyl sites for hydroxylation is 1. The van der Waals surface area contributed by atoms with Gasteiger partial charge in [0.25, 0.3) is 5.56 Å². The molecule has 0 amide bonds. The molecule has 0 spiro atoms. The minimum Gasteiger partial charge on any atom is -0.371 e. The summed E-state index contributed by atoms with van der Waals surface area (Å²) in [4.78, 5) is 25.6. The summed E-state index contributed by atoms with van der Waals surface area (Å²) < 4.78 is 13.1. The average Bonchev–Trinajstić information content (AvgIpc) is 2.37. The van der Waals surface area contributed by atoms with Gasteiger partial charge >= 0.3 is 5.69 Å². The zero-order valence-corrected chi connectivity index (χ0v) is 11.7. The second-order valence-corrected chi connectivity index (χ2v) is 5.31. The predicted molar refractivity (Wildman–Crippen MR) is 70.3 cm³/mol. The van der Waals surface area contributed by atoms with E-state index in [-0.39, 0.29) is 11.7 Å². The molecule has 1 unspecified atom stereocenters. The van der Waals surface area contributed by atoms with Gasteiger partial charge in [-0.25, -0.2) is 4.79 Å². The summed E-state index contributed by atoms with van der Waals surface area (Å²) in [7, 11) is 0. The van der Waals surface area contributed by atoms with Crippen LogP contribution in [-0.2, 0) is 9.47 Å². The Morgan fingerprint density at radius 2 is 2.21 bits per heavy atom. The van der Waals surface area contributed by atoms with Crippen molar-refractivity contribution >= 4 is 0 Å². The van der Waals surface area contributed by atoms with Crippen molar-refractivity contribution in [1.29, 1.82) is 0 Å². The molecule has 2 heterocycles. The van der Waals surface area contributed by atoms with Crippen LogP contribution >= 0.6 is 0 Å². The molecule has 1 saturated heterocycles. The van der Waals surface area contributed by atoms with Crippen molar-refractivity contribution in [2.45, 2.75) is 52.0 Å². The number of nitrogens with one attached hydrogen (secondary N) is 1. The zero-order valence-electron chi connectivity index (χ0n) is 11.7. The Morgan fingerprint density at radius 1 is 1.53 bits per heavy atom. The Balaban J connectivity index is 2.42. The van der Waals surface area contributed by atoms with E-state index in [4.69, 9.17) is 9.47 Å². The van der Waals surface area contributed by atoms with Crippen LogP contribution < -0.4 is 11.2 Å². The topological polar surface area (TPSA) is 73.3 Å². The maximum absolute atomic E-state index is 11.9. The van der Waals surface area contributed by atoms with Crippen LogP contribution in [0.3, 0.4) is 0 Å². The Labute approximate surface area is 111 Å². The quantitative estimate of drug-likeness (QED) is 0.866. The molecule has 0 aromatic carbocycles. The summed E-state index contributed by atoms with van der Waals surface area (Å²) in [6.07, 6.45) is 1.53. The van der Waals surface area contributed by atoms with Gasteiger partial charge in [0, 0.05) is 11.8 Å². The lowest BCUT2D eigenvalue weighted by molar-refractivity contribution is -0.249. The number of aromatic amines is 1. The van der Waals surface area contributed by atoms with Gasteiger partial charge in [0.15, 0.2) is 6.23 Å². The highest BCUT2D eigenvalue weighted by molar-refractivity contribution is 5.02. The molecular formula is C13H20N2O4. The molecule has 1 aromatic rings. The first kappa shape index (κ1) is 14.0. The number of H-pyrrole nitrogens is 1. The van der Waals surface area contributed by atoms with Gasteiger partial charge < -0.3 is 9.47 Å². The van der Waals surface area contributed by atoms with Crippen LogP contribution in [0.5, 0.6) is 0 Å². The highest BCUT2D eigenvalue weighted by Crippen LogP contribution is 2.31. The number of aromatic nitrogens is 2. The molecule has 1 N–H and O–H groups in total. The third-order valence-corrected chi connectivity index (χ3v) is 3.63. The summed E-state index contributed by atoms with van der Waals surface area (Å²) in [6.45, 7) is 7.97. The van der Waals surface area contributed by atoms with E-state index in [1.165, 1.54) is 10.8 Å². The molecule has 6 nitrogen and oxygen atoms in total. The minimum atomic E-state index is -0.526. The lowest BCUT2D eigenvalue weighted by Gasteiger charge is -2.41. The number of rotatable bonds is 2. The Morgan fingerprint density at radius 3 is 2.84 bits per heavy atom. The van der Waals surface area contributed by atoms with Crippen molar-refractivity contribution in [1.82, 2.24) is 9.55 Å². The molecule has 0 radical (unpaired) electrons. The predicted octanol–water partition coefficient (Wildman–Crippen LogP) is 0.948. The molecule has 6 heteroatoms. The van der Waals surface area contributed by atoms with E-state index in [1.807, 2.05) is 20.8 Å². The van der Waals surface area contributed by atoms with E-state index in [0.717, 1.165) is 6.42 Å². The van der Waals surface area contributed by atoms with Gasteiger partial charge in [-0.3, -0.25) is 14.3 Å². The molecule has 1 fully saturated rings. The molecule has 0 saturated carbocycles. The van der Waals surface area contributed by atoms with Crippen LogP contribution in [-0.4, -0.2) is 27.9 Å². The summed E-state index contributed by atoms with van der Waals surface area (Å²) in [6, 6.07) is 0. The average molecular weight is 268 g/mol. The largest absolute Gasteiger partial charge is 0.371 e. The number of hydrogen-bond donors (Lipinski definition) is 1. The Hall–Kier alpha value is -1.40. The molecule has 0 aliphatic carbocycles. The number of nitrogens with zero attached hydrogens (tertiary/aromatic N) is 1. The Kier molecular flexibility index (Phi) is 3.64. The summed E-state index contributed by atoms with van der Waals surface area (Å²) in [5.74, 6) is 0.